The van der Waals surface area contributed by atoms with E-state index in [9.17, 15) is 0 Å². The van der Waals surface area contributed by atoms with Crippen LogP contribution in [0.3, 0.4) is 0 Å². The molecule has 1 aliphatic heterocycles. The Balaban J connectivity index is 2.00. The minimum Gasteiger partial charge on any atom is -0.375 e. The topological polar surface area (TPSA) is 76.3 Å². The Bertz CT molecular complexity index is 572. The molecule has 0 aliphatic carbocycles. The molecule has 102 valence electrons. The van der Waals surface area contributed by atoms with Crippen molar-refractivity contribution in [2.45, 2.75) is 19.4 Å². The van der Waals surface area contributed by atoms with Gasteiger partial charge in [0.2, 0.25) is 5.95 Å². The van der Waals surface area contributed by atoms with E-state index in [1.54, 1.807) is 11.3 Å². The van der Waals surface area contributed by atoms with E-state index >= 15 is 0 Å². The third-order valence-electron chi connectivity index (χ3n) is 3.33. The van der Waals surface area contributed by atoms with Gasteiger partial charge in [-0.1, -0.05) is 6.92 Å². The quantitative estimate of drug-likeness (QED) is 0.656. The Morgan fingerprint density at radius 2 is 2.47 bits per heavy atom. The van der Waals surface area contributed by atoms with Gasteiger partial charge in [0.15, 0.2) is 0 Å². The van der Waals surface area contributed by atoms with Gasteiger partial charge in [-0.15, -0.1) is 11.3 Å². The van der Waals surface area contributed by atoms with Crippen molar-refractivity contribution in [3.8, 4) is 0 Å². The van der Waals surface area contributed by atoms with Crippen molar-refractivity contribution in [2.75, 3.05) is 30.0 Å². The molecule has 19 heavy (non-hydrogen) atoms. The van der Waals surface area contributed by atoms with Gasteiger partial charge in [-0.25, -0.2) is 10.8 Å². The third-order valence-corrected chi connectivity index (χ3v) is 4.13. The molecular formula is C12H17N5OS. The summed E-state index contributed by atoms with van der Waals surface area (Å²) in [7, 11) is 0. The smallest absolute Gasteiger partial charge is 0.240 e. The summed E-state index contributed by atoms with van der Waals surface area (Å²) < 4.78 is 5.71. The van der Waals surface area contributed by atoms with Crippen LogP contribution in [0.1, 0.15) is 13.3 Å². The number of hydrazine groups is 1. The van der Waals surface area contributed by atoms with Crippen molar-refractivity contribution in [3.05, 3.63) is 11.4 Å². The lowest BCUT2D eigenvalue weighted by atomic mass is 10.2. The normalized spacial score (nSPS) is 19.9. The van der Waals surface area contributed by atoms with Crippen LogP contribution in [0.2, 0.25) is 0 Å². The van der Waals surface area contributed by atoms with Crippen LogP contribution >= 0.6 is 11.3 Å². The van der Waals surface area contributed by atoms with E-state index in [4.69, 9.17) is 10.6 Å². The minimum absolute atomic E-state index is 0.270. The number of anilines is 2. The van der Waals surface area contributed by atoms with Crippen LogP contribution in [0.4, 0.5) is 11.8 Å². The largest absolute Gasteiger partial charge is 0.375 e. The number of nitrogen functional groups attached to an aromatic ring is 1. The van der Waals surface area contributed by atoms with Gasteiger partial charge in [-0.3, -0.25) is 5.43 Å². The first kappa shape index (κ1) is 12.6. The highest BCUT2D eigenvalue weighted by Crippen LogP contribution is 2.30. The average molecular weight is 279 g/mol. The predicted molar refractivity (Wildman–Crippen MR) is 77.5 cm³/mol. The molecule has 2 aromatic heterocycles. The molecule has 0 saturated carbocycles. The highest BCUT2D eigenvalue weighted by Gasteiger charge is 2.22. The van der Waals surface area contributed by atoms with Crippen LogP contribution in [-0.2, 0) is 4.74 Å². The first-order valence-corrected chi connectivity index (χ1v) is 7.28. The molecule has 3 N–H and O–H groups in total. The Kier molecular flexibility index (Phi) is 3.50. The van der Waals surface area contributed by atoms with E-state index in [1.807, 2.05) is 5.38 Å². The molecule has 1 aliphatic rings. The predicted octanol–water partition coefficient (Wildman–Crippen LogP) is 1.59. The number of hydrogen-bond donors (Lipinski definition) is 2. The molecule has 1 fully saturated rings. The first-order chi connectivity index (χ1) is 9.31. The molecule has 7 heteroatoms. The zero-order chi connectivity index (χ0) is 13.2. The lowest BCUT2D eigenvalue weighted by molar-refractivity contribution is 0.0383. The van der Waals surface area contributed by atoms with Gasteiger partial charge in [0.1, 0.15) is 10.6 Å². The average Bonchev–Trinajstić information content (AvgIpc) is 2.94. The molecular weight excluding hydrogens is 262 g/mol. The second kappa shape index (κ2) is 5.28. The van der Waals surface area contributed by atoms with Gasteiger partial charge in [-0.2, -0.15) is 4.98 Å². The number of nitrogens with one attached hydrogen (secondary N) is 1. The van der Waals surface area contributed by atoms with E-state index < -0.39 is 0 Å². The van der Waals surface area contributed by atoms with Gasteiger partial charge in [-0.05, 0) is 17.9 Å². The third kappa shape index (κ3) is 2.36. The Morgan fingerprint density at radius 1 is 1.58 bits per heavy atom. The van der Waals surface area contributed by atoms with Gasteiger partial charge in [0.25, 0.3) is 0 Å². The van der Waals surface area contributed by atoms with Gasteiger partial charge in [0, 0.05) is 13.1 Å². The number of rotatable bonds is 3. The summed E-state index contributed by atoms with van der Waals surface area (Å²) in [5, 5.41) is 3.11. The molecule has 1 saturated heterocycles. The van der Waals surface area contributed by atoms with E-state index in [1.165, 1.54) is 0 Å². The summed E-state index contributed by atoms with van der Waals surface area (Å²) in [6.07, 6.45) is 1.28. The zero-order valence-electron chi connectivity index (χ0n) is 10.8. The number of hydrogen-bond acceptors (Lipinski definition) is 7. The zero-order valence-corrected chi connectivity index (χ0v) is 11.6. The van der Waals surface area contributed by atoms with E-state index in [-0.39, 0.29) is 6.10 Å². The molecule has 1 unspecified atom stereocenters. The van der Waals surface area contributed by atoms with Crippen molar-refractivity contribution < 1.29 is 4.74 Å². The molecule has 0 radical (unpaired) electrons. The number of thiophene rings is 1. The van der Waals surface area contributed by atoms with Crippen LogP contribution < -0.4 is 16.2 Å². The van der Waals surface area contributed by atoms with Crippen LogP contribution in [0.5, 0.6) is 0 Å². The number of ether oxygens (including phenoxy) is 1. The van der Waals surface area contributed by atoms with Crippen molar-refractivity contribution >= 4 is 33.3 Å². The molecule has 0 bridgehead atoms. The monoisotopic (exact) mass is 279 g/mol. The molecule has 3 rings (SSSR count). The second-order valence-corrected chi connectivity index (χ2v) is 5.40. The van der Waals surface area contributed by atoms with Crippen LogP contribution in [-0.4, -0.2) is 35.8 Å². The fraction of sp³-hybridized carbons (Fsp3) is 0.500. The second-order valence-electron chi connectivity index (χ2n) is 4.50. The highest BCUT2D eigenvalue weighted by atomic mass is 32.1. The molecule has 0 spiro atoms. The lowest BCUT2D eigenvalue weighted by Crippen LogP contribution is -2.42. The summed E-state index contributed by atoms with van der Waals surface area (Å²) in [6.45, 7) is 4.59. The Morgan fingerprint density at radius 3 is 3.26 bits per heavy atom. The minimum atomic E-state index is 0.270. The van der Waals surface area contributed by atoms with Crippen LogP contribution in [0.25, 0.3) is 10.2 Å². The maximum absolute atomic E-state index is 5.71. The summed E-state index contributed by atoms with van der Waals surface area (Å²) in [4.78, 5) is 12.1. The van der Waals surface area contributed by atoms with Gasteiger partial charge >= 0.3 is 0 Å². The summed E-state index contributed by atoms with van der Waals surface area (Å²) >= 11 is 1.60. The number of aromatic nitrogens is 2. The lowest BCUT2D eigenvalue weighted by Gasteiger charge is -2.33. The highest BCUT2D eigenvalue weighted by molar-refractivity contribution is 7.16. The fourth-order valence-electron chi connectivity index (χ4n) is 2.30. The summed E-state index contributed by atoms with van der Waals surface area (Å²) in [5.74, 6) is 6.86. The maximum atomic E-state index is 5.71. The van der Waals surface area contributed by atoms with Crippen molar-refractivity contribution in [2.24, 2.45) is 5.84 Å². The van der Waals surface area contributed by atoms with Gasteiger partial charge < -0.3 is 9.64 Å². The molecule has 2 aromatic rings. The van der Waals surface area contributed by atoms with E-state index in [2.05, 4.69) is 33.3 Å². The Hall–Kier alpha value is -1.44. The van der Waals surface area contributed by atoms with Crippen molar-refractivity contribution in [1.82, 2.24) is 9.97 Å². The van der Waals surface area contributed by atoms with Crippen LogP contribution in [0.15, 0.2) is 11.4 Å². The molecule has 0 aromatic carbocycles. The SMILES string of the molecule is CCC1CN(c2nc(NN)nc3sccc23)CCO1. The number of morpholine rings is 1. The molecule has 1 atom stereocenters. The summed E-state index contributed by atoms with van der Waals surface area (Å²) in [5.41, 5.74) is 2.54. The van der Waals surface area contributed by atoms with Crippen molar-refractivity contribution in [3.63, 3.8) is 0 Å². The Labute approximate surface area is 115 Å². The standard InChI is InChI=1S/C12H17N5OS/c1-2-8-7-17(4-5-18-8)10-9-3-6-19-11(9)15-12(14-10)16-13/h3,6,8H,2,4-5,7,13H2,1H3,(H,14,15,16). The number of nitrogens with zero attached hydrogens (tertiary/aromatic N) is 3. The molecule has 3 heterocycles. The van der Waals surface area contributed by atoms with E-state index in [0.717, 1.165) is 42.2 Å². The molecule has 6 nitrogen and oxygen atoms in total. The van der Waals surface area contributed by atoms with Gasteiger partial charge in [0.05, 0.1) is 18.1 Å². The summed E-state index contributed by atoms with van der Waals surface area (Å²) in [6, 6.07) is 2.06. The van der Waals surface area contributed by atoms with E-state index in [0.29, 0.717) is 5.95 Å². The number of fused-ring (bicyclic) bond motifs is 1. The maximum Gasteiger partial charge on any atom is 0.240 e. The number of nitrogens with two attached hydrogens (primary N) is 1. The van der Waals surface area contributed by atoms with Crippen molar-refractivity contribution in [1.29, 1.82) is 0 Å². The first-order valence-electron chi connectivity index (χ1n) is 6.40. The van der Waals surface area contributed by atoms with Crippen LogP contribution in [0, 0.1) is 0 Å². The molecule has 0 amide bonds. The fourth-order valence-corrected chi connectivity index (χ4v) is 3.06.